The second kappa shape index (κ2) is 5.70. The molecule has 104 valence electrons. The molecular formula is C10H6Cl2N4O3S. The molecule has 1 amide bonds. The largest absolute Gasteiger partial charge is 0.297 e. The number of benzene rings is 1. The summed E-state index contributed by atoms with van der Waals surface area (Å²) < 4.78 is 3.90. The lowest BCUT2D eigenvalue weighted by atomic mass is 10.2. The van der Waals surface area contributed by atoms with E-state index >= 15 is 0 Å². The summed E-state index contributed by atoms with van der Waals surface area (Å²) in [6.07, 6.45) is 0. The minimum absolute atomic E-state index is 0.0129. The van der Waals surface area contributed by atoms with Crippen molar-refractivity contribution in [2.45, 2.75) is 6.92 Å². The van der Waals surface area contributed by atoms with Crippen molar-refractivity contribution >= 4 is 51.5 Å². The molecule has 2 rings (SSSR count). The topological polar surface area (TPSA) is 98.0 Å². The Hall–Kier alpha value is -1.77. The molecule has 2 aromatic rings. The van der Waals surface area contributed by atoms with Crippen LogP contribution in [0.2, 0.25) is 10.0 Å². The van der Waals surface area contributed by atoms with E-state index in [0.29, 0.717) is 11.0 Å². The number of aromatic nitrogens is 2. The first kappa shape index (κ1) is 14.6. The molecule has 7 nitrogen and oxygen atoms in total. The van der Waals surface area contributed by atoms with Gasteiger partial charge in [-0.1, -0.05) is 23.2 Å². The van der Waals surface area contributed by atoms with Crippen LogP contribution in [0.3, 0.4) is 0 Å². The summed E-state index contributed by atoms with van der Waals surface area (Å²) in [6.45, 7) is 1.68. The van der Waals surface area contributed by atoms with Gasteiger partial charge in [-0.15, -0.1) is 0 Å². The number of halogens is 2. The molecule has 0 aliphatic carbocycles. The van der Waals surface area contributed by atoms with Crippen LogP contribution in [0, 0.1) is 17.0 Å². The number of rotatable bonds is 3. The van der Waals surface area contributed by atoms with Gasteiger partial charge in [0.1, 0.15) is 10.8 Å². The maximum atomic E-state index is 12.0. The van der Waals surface area contributed by atoms with Gasteiger partial charge < -0.3 is 0 Å². The lowest BCUT2D eigenvalue weighted by Gasteiger charge is -2.04. The number of nitrogens with zero attached hydrogens (tertiary/aromatic N) is 3. The average Bonchev–Trinajstić information content (AvgIpc) is 2.77. The monoisotopic (exact) mass is 332 g/mol. The minimum atomic E-state index is -0.708. The maximum absolute atomic E-state index is 12.0. The van der Waals surface area contributed by atoms with E-state index in [1.54, 1.807) is 6.92 Å². The lowest BCUT2D eigenvalue weighted by Crippen LogP contribution is -2.12. The van der Waals surface area contributed by atoms with Gasteiger partial charge in [-0.05, 0) is 13.0 Å². The first-order valence-electron chi connectivity index (χ1n) is 5.13. The van der Waals surface area contributed by atoms with Crippen LogP contribution in [0.25, 0.3) is 0 Å². The number of hydrogen-bond donors (Lipinski definition) is 1. The van der Waals surface area contributed by atoms with Gasteiger partial charge in [-0.25, -0.2) is 4.98 Å². The lowest BCUT2D eigenvalue weighted by molar-refractivity contribution is -0.384. The molecule has 0 aliphatic heterocycles. The average molecular weight is 333 g/mol. The highest BCUT2D eigenvalue weighted by molar-refractivity contribution is 7.09. The van der Waals surface area contributed by atoms with Crippen LogP contribution in [0.15, 0.2) is 12.1 Å². The zero-order valence-corrected chi connectivity index (χ0v) is 12.2. The van der Waals surface area contributed by atoms with Crippen molar-refractivity contribution in [3.05, 3.63) is 43.7 Å². The van der Waals surface area contributed by atoms with Gasteiger partial charge in [-0.3, -0.25) is 20.2 Å². The van der Waals surface area contributed by atoms with E-state index < -0.39 is 16.5 Å². The van der Waals surface area contributed by atoms with Crippen LogP contribution in [-0.2, 0) is 0 Å². The zero-order chi connectivity index (χ0) is 14.9. The van der Waals surface area contributed by atoms with Gasteiger partial charge in [-0.2, -0.15) is 4.37 Å². The number of carbonyl (C=O) groups excluding carboxylic acids is 1. The molecule has 1 heterocycles. The Balaban J connectivity index is 2.32. The molecule has 0 aliphatic rings. The van der Waals surface area contributed by atoms with Gasteiger partial charge in [0.2, 0.25) is 5.13 Å². The quantitative estimate of drug-likeness (QED) is 0.686. The molecule has 0 bridgehead atoms. The first-order valence-corrected chi connectivity index (χ1v) is 6.66. The molecule has 10 heteroatoms. The summed E-state index contributed by atoms with van der Waals surface area (Å²) in [5.41, 5.74) is -0.420. The number of carbonyl (C=O) groups is 1. The van der Waals surface area contributed by atoms with Crippen molar-refractivity contribution in [3.63, 3.8) is 0 Å². The highest BCUT2D eigenvalue weighted by Gasteiger charge is 2.20. The summed E-state index contributed by atoms with van der Waals surface area (Å²) in [6, 6.07) is 2.30. The summed E-state index contributed by atoms with van der Waals surface area (Å²) >= 11 is 12.5. The molecule has 0 atom stereocenters. The molecule has 20 heavy (non-hydrogen) atoms. The number of anilines is 1. The SMILES string of the molecule is Cc1nsc(NC(=O)c2cc(Cl)c(Cl)c([N+](=O)[O-])c2)n1. The Kier molecular flexibility index (Phi) is 4.17. The maximum Gasteiger partial charge on any atom is 0.290 e. The van der Waals surface area contributed by atoms with Crippen molar-refractivity contribution < 1.29 is 9.72 Å². The Morgan fingerprint density at radius 1 is 1.45 bits per heavy atom. The zero-order valence-electron chi connectivity index (χ0n) is 9.89. The van der Waals surface area contributed by atoms with Crippen LogP contribution in [0.1, 0.15) is 16.2 Å². The van der Waals surface area contributed by atoms with Crippen LogP contribution >= 0.6 is 34.7 Å². The Morgan fingerprint density at radius 3 is 2.70 bits per heavy atom. The van der Waals surface area contributed by atoms with Crippen molar-refractivity contribution in [1.29, 1.82) is 0 Å². The molecule has 0 spiro atoms. The molecule has 1 aromatic heterocycles. The molecule has 0 unspecified atom stereocenters. The second-order valence-corrected chi connectivity index (χ2v) is 5.19. The molecule has 0 saturated carbocycles. The third-order valence-electron chi connectivity index (χ3n) is 2.22. The second-order valence-electron chi connectivity index (χ2n) is 3.65. The Labute approximate surface area is 126 Å². The Morgan fingerprint density at radius 2 is 2.15 bits per heavy atom. The molecule has 0 saturated heterocycles. The third-order valence-corrected chi connectivity index (χ3v) is 3.73. The molecule has 0 radical (unpaired) electrons. The number of amides is 1. The first-order chi connectivity index (χ1) is 9.38. The van der Waals surface area contributed by atoms with Crippen molar-refractivity contribution in [1.82, 2.24) is 9.36 Å². The number of nitrogens with one attached hydrogen (secondary N) is 1. The van der Waals surface area contributed by atoms with E-state index in [2.05, 4.69) is 14.7 Å². The van der Waals surface area contributed by atoms with Crippen LogP contribution < -0.4 is 5.32 Å². The summed E-state index contributed by atoms with van der Waals surface area (Å²) in [7, 11) is 0. The normalized spacial score (nSPS) is 10.3. The molecule has 0 fully saturated rings. The standard InChI is InChI=1S/C10H6Cl2N4O3S/c1-4-13-10(20-15-4)14-9(17)5-2-6(11)8(12)7(3-5)16(18)19/h2-3H,1H3,(H,13,14,15,17). The van der Waals surface area contributed by atoms with Crippen LogP contribution in [0.5, 0.6) is 0 Å². The molecular weight excluding hydrogens is 327 g/mol. The van der Waals surface area contributed by atoms with Crippen molar-refractivity contribution in [3.8, 4) is 0 Å². The van der Waals surface area contributed by atoms with E-state index in [9.17, 15) is 14.9 Å². The van der Waals surface area contributed by atoms with E-state index in [1.807, 2.05) is 0 Å². The molecule has 1 aromatic carbocycles. The van der Waals surface area contributed by atoms with E-state index in [1.165, 1.54) is 6.07 Å². The predicted molar refractivity (Wildman–Crippen MR) is 75.7 cm³/mol. The fourth-order valence-corrected chi connectivity index (χ4v) is 2.32. The predicted octanol–water partition coefficient (Wildman–Crippen LogP) is 3.31. The molecule has 1 N–H and O–H groups in total. The van der Waals surface area contributed by atoms with Crippen molar-refractivity contribution in [2.24, 2.45) is 0 Å². The smallest absolute Gasteiger partial charge is 0.290 e. The van der Waals surface area contributed by atoms with Gasteiger partial charge >= 0.3 is 0 Å². The number of nitro benzene ring substituents is 1. The number of aryl methyl sites for hydroxylation is 1. The van der Waals surface area contributed by atoms with E-state index in [-0.39, 0.29) is 15.6 Å². The fourth-order valence-electron chi connectivity index (χ4n) is 1.36. The summed E-state index contributed by atoms with van der Waals surface area (Å²) in [5, 5.41) is 13.3. The Bertz CT molecular complexity index is 704. The number of nitro groups is 1. The van der Waals surface area contributed by atoms with Crippen molar-refractivity contribution in [2.75, 3.05) is 5.32 Å². The van der Waals surface area contributed by atoms with Crippen LogP contribution in [-0.4, -0.2) is 20.2 Å². The fraction of sp³-hybridized carbons (Fsp3) is 0.100. The van der Waals surface area contributed by atoms with E-state index in [4.69, 9.17) is 23.2 Å². The van der Waals surface area contributed by atoms with Gasteiger partial charge in [0.25, 0.3) is 11.6 Å². The van der Waals surface area contributed by atoms with Gasteiger partial charge in [0, 0.05) is 23.2 Å². The highest BCUT2D eigenvalue weighted by atomic mass is 35.5. The number of hydrogen-bond acceptors (Lipinski definition) is 6. The minimum Gasteiger partial charge on any atom is -0.297 e. The van der Waals surface area contributed by atoms with Gasteiger partial charge in [0.05, 0.1) is 9.95 Å². The van der Waals surface area contributed by atoms with Gasteiger partial charge in [0.15, 0.2) is 0 Å². The summed E-state index contributed by atoms with van der Waals surface area (Å²) in [5.74, 6) is -0.0618. The highest BCUT2D eigenvalue weighted by Crippen LogP contribution is 2.33. The third kappa shape index (κ3) is 3.03. The summed E-state index contributed by atoms with van der Waals surface area (Å²) in [4.78, 5) is 26.0. The van der Waals surface area contributed by atoms with Crippen LogP contribution in [0.4, 0.5) is 10.8 Å². The van der Waals surface area contributed by atoms with E-state index in [0.717, 1.165) is 17.6 Å².